The summed E-state index contributed by atoms with van der Waals surface area (Å²) in [6, 6.07) is 11.6. The van der Waals surface area contributed by atoms with Crippen molar-refractivity contribution >= 4 is 23.4 Å². The molecule has 0 unspecified atom stereocenters. The Morgan fingerprint density at radius 2 is 1.75 bits per heavy atom. The number of nitrogen functional groups attached to an aromatic ring is 1. The smallest absolute Gasteiger partial charge is 0.248 e. The van der Waals surface area contributed by atoms with E-state index in [2.05, 4.69) is 32.0 Å². The SMILES string of the molecule is Cc1cc(C)cc(CSc2cc(C(N)=O)ccc2N)c1. The van der Waals surface area contributed by atoms with Crippen molar-refractivity contribution < 1.29 is 4.79 Å². The van der Waals surface area contributed by atoms with Gasteiger partial charge in [-0.05, 0) is 37.6 Å². The predicted molar refractivity (Wildman–Crippen MR) is 84.8 cm³/mol. The van der Waals surface area contributed by atoms with Crippen LogP contribution in [0.25, 0.3) is 0 Å². The molecule has 0 radical (unpaired) electrons. The van der Waals surface area contributed by atoms with E-state index in [1.807, 2.05) is 0 Å². The fourth-order valence-electron chi connectivity index (χ4n) is 2.13. The third-order valence-electron chi connectivity index (χ3n) is 2.97. The van der Waals surface area contributed by atoms with Crippen molar-refractivity contribution in [1.82, 2.24) is 0 Å². The summed E-state index contributed by atoms with van der Waals surface area (Å²) in [5.41, 5.74) is 16.1. The molecule has 0 aliphatic heterocycles. The molecule has 0 aromatic heterocycles. The molecule has 4 heteroatoms. The molecular formula is C16H18N2OS. The van der Waals surface area contributed by atoms with Gasteiger partial charge >= 0.3 is 0 Å². The first-order valence-electron chi connectivity index (χ1n) is 6.35. The number of rotatable bonds is 4. The summed E-state index contributed by atoms with van der Waals surface area (Å²) in [7, 11) is 0. The van der Waals surface area contributed by atoms with E-state index in [1.54, 1.807) is 30.0 Å². The first-order valence-corrected chi connectivity index (χ1v) is 7.33. The second kappa shape index (κ2) is 6.01. The summed E-state index contributed by atoms with van der Waals surface area (Å²) >= 11 is 1.62. The number of amides is 1. The van der Waals surface area contributed by atoms with Crippen LogP contribution in [-0.4, -0.2) is 5.91 Å². The van der Waals surface area contributed by atoms with Crippen LogP contribution in [0.5, 0.6) is 0 Å². The third-order valence-corrected chi connectivity index (χ3v) is 4.12. The average molecular weight is 286 g/mol. The van der Waals surface area contributed by atoms with Gasteiger partial charge in [-0.2, -0.15) is 0 Å². The number of hydrogen-bond donors (Lipinski definition) is 2. The molecule has 2 aromatic carbocycles. The molecule has 1 amide bonds. The number of aryl methyl sites for hydroxylation is 2. The van der Waals surface area contributed by atoms with Crippen molar-refractivity contribution in [1.29, 1.82) is 0 Å². The second-order valence-corrected chi connectivity index (χ2v) is 5.92. The Morgan fingerprint density at radius 3 is 2.35 bits per heavy atom. The van der Waals surface area contributed by atoms with Gasteiger partial charge in [0.2, 0.25) is 5.91 Å². The van der Waals surface area contributed by atoms with Gasteiger partial charge < -0.3 is 11.5 Å². The number of anilines is 1. The van der Waals surface area contributed by atoms with E-state index in [-0.39, 0.29) is 0 Å². The van der Waals surface area contributed by atoms with Gasteiger partial charge in [0.25, 0.3) is 0 Å². The fourth-order valence-corrected chi connectivity index (χ4v) is 3.06. The topological polar surface area (TPSA) is 69.1 Å². The number of carbonyl (C=O) groups excluding carboxylic acids is 1. The van der Waals surface area contributed by atoms with Gasteiger partial charge in [-0.15, -0.1) is 11.8 Å². The highest BCUT2D eigenvalue weighted by molar-refractivity contribution is 7.98. The van der Waals surface area contributed by atoms with Crippen LogP contribution in [0.4, 0.5) is 5.69 Å². The molecule has 2 aromatic rings. The lowest BCUT2D eigenvalue weighted by atomic mass is 10.1. The minimum Gasteiger partial charge on any atom is -0.398 e. The highest BCUT2D eigenvalue weighted by Crippen LogP contribution is 2.29. The Kier molecular flexibility index (Phi) is 4.35. The van der Waals surface area contributed by atoms with E-state index in [1.165, 1.54) is 16.7 Å². The van der Waals surface area contributed by atoms with Gasteiger partial charge in [-0.3, -0.25) is 4.79 Å². The van der Waals surface area contributed by atoms with Crippen molar-refractivity contribution in [2.45, 2.75) is 24.5 Å². The van der Waals surface area contributed by atoms with Crippen molar-refractivity contribution in [3.63, 3.8) is 0 Å². The Bertz CT molecular complexity index is 633. The highest BCUT2D eigenvalue weighted by atomic mass is 32.2. The number of carbonyl (C=O) groups is 1. The molecule has 0 saturated carbocycles. The number of primary amides is 1. The zero-order chi connectivity index (χ0) is 14.7. The van der Waals surface area contributed by atoms with E-state index >= 15 is 0 Å². The zero-order valence-corrected chi connectivity index (χ0v) is 12.5. The molecule has 3 nitrogen and oxygen atoms in total. The van der Waals surface area contributed by atoms with Crippen LogP contribution in [0.1, 0.15) is 27.0 Å². The molecule has 20 heavy (non-hydrogen) atoms. The largest absolute Gasteiger partial charge is 0.398 e. The summed E-state index contributed by atoms with van der Waals surface area (Å²) in [5, 5.41) is 0. The van der Waals surface area contributed by atoms with Crippen LogP contribution < -0.4 is 11.5 Å². The van der Waals surface area contributed by atoms with E-state index < -0.39 is 5.91 Å². The average Bonchev–Trinajstić information content (AvgIpc) is 2.36. The van der Waals surface area contributed by atoms with Crippen LogP contribution >= 0.6 is 11.8 Å². The van der Waals surface area contributed by atoms with Gasteiger partial charge in [0.15, 0.2) is 0 Å². The molecule has 0 atom stereocenters. The van der Waals surface area contributed by atoms with Gasteiger partial charge in [0.1, 0.15) is 0 Å². The quantitative estimate of drug-likeness (QED) is 0.669. The van der Waals surface area contributed by atoms with Crippen LogP contribution in [0.15, 0.2) is 41.3 Å². The molecular weight excluding hydrogens is 268 g/mol. The molecule has 0 aliphatic rings. The first-order chi connectivity index (χ1) is 9.45. The molecule has 0 aliphatic carbocycles. The molecule has 4 N–H and O–H groups in total. The number of benzene rings is 2. The Morgan fingerprint density at radius 1 is 1.10 bits per heavy atom. The normalized spacial score (nSPS) is 10.5. The maximum absolute atomic E-state index is 11.2. The van der Waals surface area contributed by atoms with Crippen LogP contribution in [0.2, 0.25) is 0 Å². The monoisotopic (exact) mass is 286 g/mol. The number of hydrogen-bond acceptors (Lipinski definition) is 3. The molecule has 0 heterocycles. The lowest BCUT2D eigenvalue weighted by Gasteiger charge is -2.08. The molecule has 0 fully saturated rings. The van der Waals surface area contributed by atoms with Gasteiger partial charge in [0, 0.05) is 21.9 Å². The minimum absolute atomic E-state index is 0.432. The number of thioether (sulfide) groups is 1. The minimum atomic E-state index is -0.432. The third kappa shape index (κ3) is 3.54. The summed E-state index contributed by atoms with van der Waals surface area (Å²) in [6.07, 6.45) is 0. The molecule has 0 saturated heterocycles. The van der Waals surface area contributed by atoms with E-state index in [9.17, 15) is 4.79 Å². The van der Waals surface area contributed by atoms with E-state index in [4.69, 9.17) is 11.5 Å². The molecule has 2 rings (SSSR count). The molecule has 0 spiro atoms. The van der Waals surface area contributed by atoms with Crippen LogP contribution in [-0.2, 0) is 5.75 Å². The van der Waals surface area contributed by atoms with Crippen LogP contribution in [0, 0.1) is 13.8 Å². The van der Waals surface area contributed by atoms with Crippen molar-refractivity contribution in [2.75, 3.05) is 5.73 Å². The predicted octanol–water partition coefficient (Wildman–Crippen LogP) is 3.28. The number of nitrogens with two attached hydrogens (primary N) is 2. The Hall–Kier alpha value is -1.94. The van der Waals surface area contributed by atoms with Crippen LogP contribution in [0.3, 0.4) is 0 Å². The Labute approximate surface area is 123 Å². The van der Waals surface area contributed by atoms with E-state index in [0.717, 1.165) is 10.6 Å². The first kappa shape index (κ1) is 14.5. The maximum atomic E-state index is 11.2. The Balaban J connectivity index is 2.18. The lowest BCUT2D eigenvalue weighted by Crippen LogP contribution is -2.11. The molecule has 0 bridgehead atoms. The van der Waals surface area contributed by atoms with Crippen molar-refractivity contribution in [3.8, 4) is 0 Å². The summed E-state index contributed by atoms with van der Waals surface area (Å²) < 4.78 is 0. The standard InChI is InChI=1S/C16H18N2OS/c1-10-5-11(2)7-12(6-10)9-20-15-8-13(16(18)19)3-4-14(15)17/h3-8H,9,17H2,1-2H3,(H2,18,19). The molecule has 104 valence electrons. The lowest BCUT2D eigenvalue weighted by molar-refractivity contribution is 0.1000. The highest BCUT2D eigenvalue weighted by Gasteiger charge is 2.06. The second-order valence-electron chi connectivity index (χ2n) is 4.90. The summed E-state index contributed by atoms with van der Waals surface area (Å²) in [4.78, 5) is 12.1. The maximum Gasteiger partial charge on any atom is 0.248 e. The van der Waals surface area contributed by atoms with Crippen molar-refractivity contribution in [3.05, 3.63) is 58.7 Å². The van der Waals surface area contributed by atoms with Gasteiger partial charge in [-0.25, -0.2) is 0 Å². The summed E-state index contributed by atoms with van der Waals surface area (Å²) in [5.74, 6) is 0.382. The van der Waals surface area contributed by atoms with Gasteiger partial charge in [0.05, 0.1) is 0 Å². The fraction of sp³-hybridized carbons (Fsp3) is 0.188. The van der Waals surface area contributed by atoms with Crippen molar-refractivity contribution in [2.24, 2.45) is 5.73 Å². The van der Waals surface area contributed by atoms with Gasteiger partial charge in [-0.1, -0.05) is 29.3 Å². The van der Waals surface area contributed by atoms with E-state index in [0.29, 0.717) is 11.3 Å². The summed E-state index contributed by atoms with van der Waals surface area (Å²) in [6.45, 7) is 4.17. The zero-order valence-electron chi connectivity index (χ0n) is 11.6.